The fraction of sp³-hybridized carbons (Fsp3) is 0.632. The molecule has 148 valence electrons. The first-order valence-electron chi connectivity index (χ1n) is 9.18. The molecule has 2 saturated heterocycles. The van der Waals surface area contributed by atoms with E-state index in [0.29, 0.717) is 5.75 Å². The van der Waals surface area contributed by atoms with Gasteiger partial charge in [-0.05, 0) is 39.7 Å². The number of carbonyl (C=O) groups excluding carboxylic acids is 1. The molecule has 1 amide bonds. The van der Waals surface area contributed by atoms with E-state index in [4.69, 9.17) is 9.47 Å². The lowest BCUT2D eigenvalue weighted by molar-refractivity contribution is -0.384. The number of nitro groups is 1. The van der Waals surface area contributed by atoms with Gasteiger partial charge in [0.25, 0.3) is 5.69 Å². The number of methoxy groups -OCH3 is 1. The van der Waals surface area contributed by atoms with E-state index in [0.717, 1.165) is 44.7 Å². The molecule has 0 N–H and O–H groups in total. The van der Waals surface area contributed by atoms with Crippen molar-refractivity contribution in [3.8, 4) is 5.75 Å². The molecule has 2 aliphatic rings. The van der Waals surface area contributed by atoms with Crippen LogP contribution in [-0.2, 0) is 4.74 Å². The second kappa shape index (κ2) is 6.90. The molecule has 1 aromatic carbocycles. The summed E-state index contributed by atoms with van der Waals surface area (Å²) < 4.78 is 10.8. The van der Waals surface area contributed by atoms with Gasteiger partial charge in [-0.15, -0.1) is 0 Å². The van der Waals surface area contributed by atoms with Crippen molar-refractivity contribution < 1.29 is 19.2 Å². The van der Waals surface area contributed by atoms with Gasteiger partial charge < -0.3 is 19.3 Å². The summed E-state index contributed by atoms with van der Waals surface area (Å²) in [5.74, 6) is 0.518. The molecule has 2 fully saturated rings. The van der Waals surface area contributed by atoms with E-state index in [1.165, 1.54) is 19.2 Å². The molecule has 8 heteroatoms. The highest BCUT2D eigenvalue weighted by Crippen LogP contribution is 2.43. The third-order valence-electron chi connectivity index (χ3n) is 5.24. The molecule has 0 aromatic heterocycles. The van der Waals surface area contributed by atoms with Gasteiger partial charge in [0.1, 0.15) is 11.4 Å². The molecule has 0 bridgehead atoms. The third kappa shape index (κ3) is 4.09. The number of anilines is 1. The number of hydrogen-bond acceptors (Lipinski definition) is 6. The van der Waals surface area contributed by atoms with Gasteiger partial charge in [-0.2, -0.15) is 0 Å². The summed E-state index contributed by atoms with van der Waals surface area (Å²) in [5.41, 5.74) is 0.578. The van der Waals surface area contributed by atoms with Gasteiger partial charge in [0, 0.05) is 37.7 Å². The summed E-state index contributed by atoms with van der Waals surface area (Å²) in [4.78, 5) is 26.6. The molecule has 0 saturated carbocycles. The fourth-order valence-electron chi connectivity index (χ4n) is 3.80. The molecule has 0 radical (unpaired) electrons. The Balaban J connectivity index is 1.59. The van der Waals surface area contributed by atoms with E-state index in [-0.39, 0.29) is 17.2 Å². The van der Waals surface area contributed by atoms with Crippen LogP contribution in [0.2, 0.25) is 0 Å². The number of benzene rings is 1. The summed E-state index contributed by atoms with van der Waals surface area (Å²) in [6.07, 6.45) is 1.69. The van der Waals surface area contributed by atoms with Gasteiger partial charge in [0.05, 0.1) is 23.8 Å². The minimum absolute atomic E-state index is 0.0241. The van der Waals surface area contributed by atoms with Crippen molar-refractivity contribution in [2.24, 2.45) is 5.41 Å². The maximum atomic E-state index is 12.1. The smallest absolute Gasteiger partial charge is 0.410 e. The molecule has 0 aliphatic carbocycles. The van der Waals surface area contributed by atoms with Gasteiger partial charge in [0.2, 0.25) is 0 Å². The van der Waals surface area contributed by atoms with Gasteiger partial charge >= 0.3 is 6.09 Å². The Hall–Kier alpha value is -2.51. The van der Waals surface area contributed by atoms with Crippen molar-refractivity contribution in [3.05, 3.63) is 28.3 Å². The minimum atomic E-state index is -0.477. The summed E-state index contributed by atoms with van der Waals surface area (Å²) in [6.45, 7) is 8.73. The summed E-state index contributed by atoms with van der Waals surface area (Å²) in [7, 11) is 1.53. The normalized spacial score (nSPS) is 18.8. The first-order chi connectivity index (χ1) is 12.6. The Labute approximate surface area is 159 Å². The van der Waals surface area contributed by atoms with Gasteiger partial charge in [-0.3, -0.25) is 10.1 Å². The Morgan fingerprint density at radius 1 is 1.22 bits per heavy atom. The summed E-state index contributed by atoms with van der Waals surface area (Å²) in [5, 5.41) is 11.0. The Morgan fingerprint density at radius 3 is 2.37 bits per heavy atom. The van der Waals surface area contributed by atoms with Crippen molar-refractivity contribution in [3.63, 3.8) is 0 Å². The number of hydrogen-bond donors (Lipinski definition) is 0. The number of nitrogens with zero attached hydrogens (tertiary/aromatic N) is 3. The topological polar surface area (TPSA) is 85.2 Å². The quantitative estimate of drug-likeness (QED) is 0.592. The monoisotopic (exact) mass is 377 g/mol. The molecular weight excluding hydrogens is 350 g/mol. The molecule has 3 rings (SSSR count). The number of amides is 1. The highest BCUT2D eigenvalue weighted by Gasteiger charge is 2.48. The molecule has 2 aliphatic heterocycles. The number of ether oxygens (including phenoxy) is 2. The second-order valence-electron chi connectivity index (χ2n) is 8.44. The number of non-ortho nitro benzene ring substituents is 1. The van der Waals surface area contributed by atoms with E-state index >= 15 is 0 Å². The second-order valence-corrected chi connectivity index (χ2v) is 8.44. The Morgan fingerprint density at radius 2 is 1.85 bits per heavy atom. The predicted molar refractivity (Wildman–Crippen MR) is 101 cm³/mol. The fourth-order valence-corrected chi connectivity index (χ4v) is 3.80. The number of rotatable bonds is 3. The number of carbonyl (C=O) groups is 1. The van der Waals surface area contributed by atoms with E-state index in [2.05, 4.69) is 4.90 Å². The average Bonchev–Trinajstić information content (AvgIpc) is 2.57. The number of piperidine rings is 1. The lowest BCUT2D eigenvalue weighted by atomic mass is 9.72. The predicted octanol–water partition coefficient (Wildman–Crippen LogP) is 3.44. The zero-order valence-corrected chi connectivity index (χ0v) is 16.4. The zero-order valence-electron chi connectivity index (χ0n) is 16.4. The first-order valence-corrected chi connectivity index (χ1v) is 9.18. The molecule has 2 heterocycles. The highest BCUT2D eigenvalue weighted by atomic mass is 16.6. The SMILES string of the molecule is COc1cc([N+](=O)[O-])ccc1N1CCC2(CC1)CN(C(=O)OC(C)(C)C)C2. The van der Waals surface area contributed by atoms with Crippen molar-refractivity contribution in [1.82, 2.24) is 4.90 Å². The van der Waals surface area contributed by atoms with E-state index < -0.39 is 10.5 Å². The van der Waals surface area contributed by atoms with Crippen LogP contribution < -0.4 is 9.64 Å². The van der Waals surface area contributed by atoms with Gasteiger partial charge in [-0.25, -0.2) is 4.79 Å². The van der Waals surface area contributed by atoms with E-state index in [9.17, 15) is 14.9 Å². The summed E-state index contributed by atoms with van der Waals surface area (Å²) in [6, 6.07) is 4.73. The molecule has 1 spiro atoms. The maximum Gasteiger partial charge on any atom is 0.410 e. The molecule has 0 atom stereocenters. The van der Waals surface area contributed by atoms with Crippen LogP contribution in [0, 0.1) is 15.5 Å². The zero-order chi connectivity index (χ0) is 19.8. The van der Waals surface area contributed by atoms with Gasteiger partial charge in [0.15, 0.2) is 0 Å². The first kappa shape index (κ1) is 19.3. The van der Waals surface area contributed by atoms with Crippen LogP contribution >= 0.6 is 0 Å². The van der Waals surface area contributed by atoms with Crippen molar-refractivity contribution in [2.45, 2.75) is 39.2 Å². The van der Waals surface area contributed by atoms with E-state index in [1.807, 2.05) is 20.8 Å². The van der Waals surface area contributed by atoms with Crippen LogP contribution in [0.25, 0.3) is 0 Å². The van der Waals surface area contributed by atoms with Crippen LogP contribution in [0.1, 0.15) is 33.6 Å². The van der Waals surface area contributed by atoms with Crippen LogP contribution in [0.5, 0.6) is 5.75 Å². The number of nitro benzene ring substituents is 1. The molecule has 0 unspecified atom stereocenters. The number of likely N-dealkylation sites (tertiary alicyclic amines) is 1. The standard InChI is InChI=1S/C19H27N3O5/c1-18(2,3)27-17(23)21-12-19(13-21)7-9-20(10-8-19)15-6-5-14(22(24)25)11-16(15)26-4/h5-6,11H,7-10,12-13H2,1-4H3. The third-order valence-corrected chi connectivity index (χ3v) is 5.24. The van der Waals surface area contributed by atoms with Crippen LogP contribution in [0.4, 0.5) is 16.2 Å². The van der Waals surface area contributed by atoms with Gasteiger partial charge in [-0.1, -0.05) is 0 Å². The van der Waals surface area contributed by atoms with E-state index in [1.54, 1.807) is 11.0 Å². The molecule has 8 nitrogen and oxygen atoms in total. The van der Waals surface area contributed by atoms with Crippen molar-refractivity contribution in [1.29, 1.82) is 0 Å². The minimum Gasteiger partial charge on any atom is -0.494 e. The lowest BCUT2D eigenvalue weighted by Crippen LogP contribution is -2.62. The van der Waals surface area contributed by atoms with Crippen LogP contribution in [0.3, 0.4) is 0 Å². The highest BCUT2D eigenvalue weighted by molar-refractivity contribution is 5.69. The average molecular weight is 377 g/mol. The molecule has 27 heavy (non-hydrogen) atoms. The molecular formula is C19H27N3O5. The van der Waals surface area contributed by atoms with Crippen LogP contribution in [-0.4, -0.2) is 54.8 Å². The van der Waals surface area contributed by atoms with Crippen LogP contribution in [0.15, 0.2) is 18.2 Å². The maximum absolute atomic E-state index is 12.1. The Bertz CT molecular complexity index is 727. The summed E-state index contributed by atoms with van der Waals surface area (Å²) >= 11 is 0. The van der Waals surface area contributed by atoms with Crippen molar-refractivity contribution >= 4 is 17.5 Å². The lowest BCUT2D eigenvalue weighted by Gasteiger charge is -2.54. The Kier molecular flexibility index (Phi) is 4.92. The van der Waals surface area contributed by atoms with Crippen molar-refractivity contribution in [2.75, 3.05) is 38.2 Å². The largest absolute Gasteiger partial charge is 0.494 e. The molecule has 1 aromatic rings.